The first-order valence-corrected chi connectivity index (χ1v) is 11.8. The Morgan fingerprint density at radius 1 is 0.973 bits per heavy atom. The smallest absolute Gasteiger partial charge is 0.259 e. The largest absolute Gasteiger partial charge is 0.374 e. The number of nitroso groups, excluding NO2 is 1. The summed E-state index contributed by atoms with van der Waals surface area (Å²) in [6, 6.07) is 13.7. The maximum atomic E-state index is 13.6. The molecular weight excluding hydrogens is 478 g/mol. The fourth-order valence-corrected chi connectivity index (χ4v) is 4.17. The van der Waals surface area contributed by atoms with Gasteiger partial charge in [0.2, 0.25) is 0 Å². The van der Waals surface area contributed by atoms with E-state index >= 15 is 0 Å². The zero-order valence-corrected chi connectivity index (χ0v) is 20.9. The first-order valence-electron chi connectivity index (χ1n) is 11.8. The molecule has 1 amide bonds. The van der Waals surface area contributed by atoms with Gasteiger partial charge in [0.05, 0.1) is 11.1 Å². The van der Waals surface area contributed by atoms with Gasteiger partial charge in [0.15, 0.2) is 5.82 Å². The van der Waals surface area contributed by atoms with Crippen LogP contribution < -0.4 is 10.2 Å². The van der Waals surface area contributed by atoms with Gasteiger partial charge in [0, 0.05) is 30.7 Å². The van der Waals surface area contributed by atoms with Crippen molar-refractivity contribution in [2.45, 2.75) is 12.8 Å². The molecule has 0 bridgehead atoms. The molecule has 0 aliphatic heterocycles. The Morgan fingerprint density at radius 3 is 2.43 bits per heavy atom. The number of nitrogens with zero attached hydrogens (tertiary/aromatic N) is 4. The van der Waals surface area contributed by atoms with Crippen molar-refractivity contribution in [3.8, 4) is 0 Å². The Labute approximate surface area is 213 Å². The van der Waals surface area contributed by atoms with Crippen LogP contribution in [0.2, 0.25) is 0 Å². The average molecular weight is 507 g/mol. The Kier molecular flexibility index (Phi) is 7.88. The molecule has 4 aromatic rings. The molecule has 2 N–H and O–H groups in total. The molecule has 1 heterocycles. The fourth-order valence-electron chi connectivity index (χ4n) is 4.17. The second-order valence-electron chi connectivity index (χ2n) is 9.23. The minimum absolute atomic E-state index is 0.0307. The minimum Gasteiger partial charge on any atom is -0.374 e. The number of hydrogen-bond acceptors (Lipinski definition) is 6. The molecule has 0 unspecified atom stereocenters. The van der Waals surface area contributed by atoms with Gasteiger partial charge < -0.3 is 15.1 Å². The summed E-state index contributed by atoms with van der Waals surface area (Å²) in [6.07, 6.45) is 1.24. The van der Waals surface area contributed by atoms with Crippen molar-refractivity contribution < 1.29 is 13.6 Å². The fraction of sp³-hybridized carbons (Fsp3) is 0.259. The topological polar surface area (TPSA) is 93.7 Å². The molecule has 0 saturated heterocycles. The molecule has 192 valence electrons. The number of anilines is 2. The van der Waals surface area contributed by atoms with Crippen molar-refractivity contribution >= 4 is 34.0 Å². The Hall–Kier alpha value is -4.18. The number of carbonyl (C=O) groups is 1. The zero-order chi connectivity index (χ0) is 26.5. The number of halogens is 2. The molecule has 0 radical (unpaired) electrons. The number of hydrogen-bond donors (Lipinski definition) is 2. The summed E-state index contributed by atoms with van der Waals surface area (Å²) < 4.78 is 27.2. The predicted octanol–water partition coefficient (Wildman–Crippen LogP) is 5.47. The maximum Gasteiger partial charge on any atom is 0.259 e. The summed E-state index contributed by atoms with van der Waals surface area (Å²) in [6.45, 7) is 1.72. The van der Waals surface area contributed by atoms with Crippen LogP contribution in [-0.4, -0.2) is 55.2 Å². The van der Waals surface area contributed by atoms with Crippen molar-refractivity contribution in [1.29, 1.82) is 0 Å². The van der Waals surface area contributed by atoms with Gasteiger partial charge in [0.1, 0.15) is 17.3 Å². The normalized spacial score (nSPS) is 11.2. The van der Waals surface area contributed by atoms with E-state index in [4.69, 9.17) is 0 Å². The first-order chi connectivity index (χ1) is 17.7. The number of carbonyl (C=O) groups excluding carboxylic acids is 1. The monoisotopic (exact) mass is 506 g/mol. The summed E-state index contributed by atoms with van der Waals surface area (Å²) >= 11 is 0. The molecular formula is C27H28F2N6O2. The number of H-pyrrole nitrogens is 1. The SMILES string of the molecule is CN(C)CCCN(C)c1ccc(C(=O)Nc2n[nH]c3ccc(Cc4cc(F)cc(F)c4)cc23)c(N=O)c1. The second kappa shape index (κ2) is 11.3. The highest BCUT2D eigenvalue weighted by molar-refractivity contribution is 6.10. The molecule has 8 nitrogen and oxygen atoms in total. The van der Waals surface area contributed by atoms with Crippen molar-refractivity contribution in [2.24, 2.45) is 5.18 Å². The highest BCUT2D eigenvalue weighted by Crippen LogP contribution is 2.28. The molecule has 0 saturated carbocycles. The molecule has 1 aromatic heterocycles. The first kappa shape index (κ1) is 25.9. The van der Waals surface area contributed by atoms with Crippen molar-refractivity contribution in [3.05, 3.63) is 87.8 Å². The van der Waals surface area contributed by atoms with E-state index in [2.05, 4.69) is 25.6 Å². The number of rotatable bonds is 10. The Bertz CT molecular complexity index is 1420. The van der Waals surface area contributed by atoms with E-state index in [0.29, 0.717) is 22.9 Å². The highest BCUT2D eigenvalue weighted by atomic mass is 19.1. The third-order valence-electron chi connectivity index (χ3n) is 6.05. The predicted molar refractivity (Wildman–Crippen MR) is 142 cm³/mol. The summed E-state index contributed by atoms with van der Waals surface area (Å²) in [7, 11) is 5.94. The van der Waals surface area contributed by atoms with Gasteiger partial charge in [-0.15, -0.1) is 4.91 Å². The number of amides is 1. The maximum absolute atomic E-state index is 13.6. The number of nitrogens with one attached hydrogen (secondary N) is 2. The average Bonchev–Trinajstić information content (AvgIpc) is 3.24. The number of benzene rings is 3. The molecule has 0 aliphatic carbocycles. The van der Waals surface area contributed by atoms with Gasteiger partial charge in [-0.25, -0.2) is 8.78 Å². The summed E-state index contributed by atoms with van der Waals surface area (Å²) in [5.41, 5.74) is 2.89. The Morgan fingerprint density at radius 2 is 1.73 bits per heavy atom. The highest BCUT2D eigenvalue weighted by Gasteiger charge is 2.17. The lowest BCUT2D eigenvalue weighted by Crippen LogP contribution is -2.23. The molecule has 0 aliphatic rings. The quantitative estimate of drug-likeness (QED) is 0.278. The van der Waals surface area contributed by atoms with Crippen molar-refractivity contribution in [1.82, 2.24) is 15.1 Å². The van der Waals surface area contributed by atoms with Crippen LogP contribution in [0.1, 0.15) is 27.9 Å². The summed E-state index contributed by atoms with van der Waals surface area (Å²) in [5, 5.41) is 13.5. The molecule has 3 aromatic carbocycles. The molecule has 4 rings (SSSR count). The van der Waals surface area contributed by atoms with Gasteiger partial charge >= 0.3 is 0 Å². The van der Waals surface area contributed by atoms with Crippen LogP contribution in [0.4, 0.5) is 26.0 Å². The van der Waals surface area contributed by atoms with Crippen LogP contribution in [0.15, 0.2) is 59.8 Å². The van der Waals surface area contributed by atoms with E-state index < -0.39 is 17.5 Å². The van der Waals surface area contributed by atoms with E-state index in [1.54, 1.807) is 30.3 Å². The number of aromatic nitrogens is 2. The van der Waals surface area contributed by atoms with Crippen LogP contribution >= 0.6 is 0 Å². The van der Waals surface area contributed by atoms with E-state index in [-0.39, 0.29) is 17.1 Å². The van der Waals surface area contributed by atoms with Gasteiger partial charge in [-0.2, -0.15) is 5.10 Å². The number of fused-ring (bicyclic) bond motifs is 1. The van der Waals surface area contributed by atoms with Crippen molar-refractivity contribution in [3.63, 3.8) is 0 Å². The summed E-state index contributed by atoms with van der Waals surface area (Å²) in [5.74, 6) is -1.54. The second-order valence-corrected chi connectivity index (χ2v) is 9.23. The van der Waals surface area contributed by atoms with Gasteiger partial charge in [-0.3, -0.25) is 9.89 Å². The third kappa shape index (κ3) is 6.34. The third-order valence-corrected chi connectivity index (χ3v) is 6.05. The van der Waals surface area contributed by atoms with Gasteiger partial charge in [0.25, 0.3) is 5.91 Å². The molecule has 0 spiro atoms. The molecule has 0 atom stereocenters. The Balaban J connectivity index is 1.52. The van der Waals surface area contributed by atoms with E-state index in [1.807, 2.05) is 32.1 Å². The van der Waals surface area contributed by atoms with Gasteiger partial charge in [-0.1, -0.05) is 6.07 Å². The van der Waals surface area contributed by atoms with Gasteiger partial charge in [-0.05, 0) is 92.3 Å². The van der Waals surface area contributed by atoms with Crippen LogP contribution in [-0.2, 0) is 6.42 Å². The standard InChI is InChI=1S/C27H28F2N6O2/c1-34(2)9-4-10-35(3)21-6-7-22(25(16-21)33-37)27(36)30-26-23-14-17(5-8-24(23)31-32-26)11-18-12-19(28)15-20(29)13-18/h5-8,12-16H,4,9-11H2,1-3H3,(H2,30,31,32,36). The molecule has 0 fully saturated rings. The minimum atomic E-state index is -0.641. The van der Waals surface area contributed by atoms with E-state index in [0.717, 1.165) is 36.8 Å². The van der Waals surface area contributed by atoms with Crippen molar-refractivity contribution in [2.75, 3.05) is 44.4 Å². The van der Waals surface area contributed by atoms with Crippen LogP contribution in [0.3, 0.4) is 0 Å². The lowest BCUT2D eigenvalue weighted by atomic mass is 10.0. The number of aromatic amines is 1. The molecule has 37 heavy (non-hydrogen) atoms. The zero-order valence-electron chi connectivity index (χ0n) is 20.9. The molecule has 10 heteroatoms. The van der Waals surface area contributed by atoms with E-state index in [1.165, 1.54) is 12.1 Å². The van der Waals surface area contributed by atoms with Crippen LogP contribution in [0.5, 0.6) is 0 Å². The lowest BCUT2D eigenvalue weighted by Gasteiger charge is -2.21. The lowest BCUT2D eigenvalue weighted by molar-refractivity contribution is 0.102. The van der Waals surface area contributed by atoms with E-state index in [9.17, 15) is 18.5 Å². The summed E-state index contributed by atoms with van der Waals surface area (Å²) in [4.78, 5) is 28.7. The van der Waals surface area contributed by atoms with Crippen LogP contribution in [0.25, 0.3) is 10.9 Å². The van der Waals surface area contributed by atoms with Crippen LogP contribution in [0, 0.1) is 16.5 Å².